The number of ketones is 1. The standard InChI is InChI=1S/C5H8NO.Rb/c7-5-1-3-6-4-2-5;/h1-4H2;/q-1;+1. The molecule has 3 heteroatoms. The predicted molar refractivity (Wildman–Crippen MR) is 27.3 cm³/mol. The van der Waals surface area contributed by atoms with Crippen molar-refractivity contribution in [3.05, 3.63) is 5.32 Å². The van der Waals surface area contributed by atoms with Crippen LogP contribution < -0.4 is 58.2 Å². The number of hydrogen-bond donors (Lipinski definition) is 0. The Balaban J connectivity index is 0.000000490. The Morgan fingerprint density at radius 3 is 2.00 bits per heavy atom. The predicted octanol–water partition coefficient (Wildman–Crippen LogP) is -2.27. The molecule has 0 aromatic rings. The van der Waals surface area contributed by atoms with Gasteiger partial charge in [-0.3, -0.25) is 4.79 Å². The molecule has 1 rings (SSSR count). The first-order chi connectivity index (χ1) is 3.39. The summed E-state index contributed by atoms with van der Waals surface area (Å²) in [6.07, 6.45) is 1.36. The summed E-state index contributed by atoms with van der Waals surface area (Å²) in [6, 6.07) is 0. The second-order valence-electron chi connectivity index (χ2n) is 1.71. The van der Waals surface area contributed by atoms with Gasteiger partial charge in [0.05, 0.1) is 0 Å². The number of carbonyl (C=O) groups is 1. The van der Waals surface area contributed by atoms with E-state index in [1.165, 1.54) is 0 Å². The van der Waals surface area contributed by atoms with E-state index < -0.39 is 0 Å². The van der Waals surface area contributed by atoms with Gasteiger partial charge in [0.2, 0.25) is 0 Å². The Kier molecular flexibility index (Phi) is 6.18. The van der Waals surface area contributed by atoms with Crippen LogP contribution in [-0.4, -0.2) is 18.9 Å². The van der Waals surface area contributed by atoms with E-state index in [-0.39, 0.29) is 58.2 Å². The van der Waals surface area contributed by atoms with Crippen LogP contribution in [0, 0.1) is 0 Å². The second kappa shape index (κ2) is 5.24. The van der Waals surface area contributed by atoms with Gasteiger partial charge in [-0.1, -0.05) is 0 Å². The van der Waals surface area contributed by atoms with Gasteiger partial charge in [-0.05, 0) is 12.8 Å². The van der Waals surface area contributed by atoms with Crippen molar-refractivity contribution in [1.29, 1.82) is 0 Å². The molecule has 0 atom stereocenters. The fourth-order valence-corrected chi connectivity index (χ4v) is 0.644. The van der Waals surface area contributed by atoms with Crippen LogP contribution in [0.2, 0.25) is 0 Å². The second-order valence-corrected chi connectivity index (χ2v) is 1.71. The molecule has 1 fully saturated rings. The molecule has 1 aliphatic rings. The topological polar surface area (TPSA) is 31.2 Å². The van der Waals surface area contributed by atoms with Crippen molar-refractivity contribution in [2.24, 2.45) is 0 Å². The summed E-state index contributed by atoms with van der Waals surface area (Å²) in [6.45, 7) is 1.53. The van der Waals surface area contributed by atoms with Crippen molar-refractivity contribution >= 4 is 5.78 Å². The molecule has 40 valence electrons. The summed E-state index contributed by atoms with van der Waals surface area (Å²) in [5, 5.41) is 4.01. The minimum Gasteiger partial charge on any atom is -0.662 e. The average molecular weight is 184 g/mol. The zero-order valence-electron chi connectivity index (χ0n) is 5.18. The molecular formula is C5H8NORb. The fraction of sp³-hybridized carbons (Fsp3) is 0.800. The number of piperidine rings is 1. The number of rotatable bonds is 0. The molecule has 0 aliphatic carbocycles. The smallest absolute Gasteiger partial charge is 0.662 e. The molecule has 0 aromatic heterocycles. The number of Topliss-reactive ketones (excluding diaryl/α,β-unsaturated/α-hetero) is 1. The zero-order valence-corrected chi connectivity index (χ0v) is 10.1. The quantitative estimate of drug-likeness (QED) is 0.417. The normalized spacial score (nSPS) is 19.8. The molecular weight excluding hydrogens is 176 g/mol. The van der Waals surface area contributed by atoms with Gasteiger partial charge < -0.3 is 5.32 Å². The molecule has 0 spiro atoms. The van der Waals surface area contributed by atoms with Crippen molar-refractivity contribution in [2.75, 3.05) is 13.1 Å². The van der Waals surface area contributed by atoms with Gasteiger partial charge in [0.1, 0.15) is 5.78 Å². The van der Waals surface area contributed by atoms with Crippen LogP contribution in [0.1, 0.15) is 12.8 Å². The monoisotopic (exact) mass is 183 g/mol. The molecule has 0 saturated carbocycles. The van der Waals surface area contributed by atoms with Crippen molar-refractivity contribution in [3.8, 4) is 0 Å². The first-order valence-electron chi connectivity index (χ1n) is 2.54. The van der Waals surface area contributed by atoms with Gasteiger partial charge in [-0.15, -0.1) is 13.1 Å². The Morgan fingerprint density at radius 2 is 1.75 bits per heavy atom. The maximum Gasteiger partial charge on any atom is 1.00 e. The molecule has 8 heavy (non-hydrogen) atoms. The SMILES string of the molecule is O=C1CC[N-]CC1.[Rb+]. The van der Waals surface area contributed by atoms with E-state index in [1.807, 2.05) is 0 Å². The van der Waals surface area contributed by atoms with E-state index in [9.17, 15) is 4.79 Å². The van der Waals surface area contributed by atoms with Crippen molar-refractivity contribution in [2.45, 2.75) is 12.8 Å². The van der Waals surface area contributed by atoms with Gasteiger partial charge in [-0.2, -0.15) is 0 Å². The molecule has 0 bridgehead atoms. The molecule has 0 unspecified atom stereocenters. The van der Waals surface area contributed by atoms with Crippen LogP contribution in [0.15, 0.2) is 0 Å². The molecule has 0 radical (unpaired) electrons. The van der Waals surface area contributed by atoms with E-state index in [4.69, 9.17) is 0 Å². The first kappa shape index (κ1) is 9.44. The summed E-state index contributed by atoms with van der Waals surface area (Å²) in [7, 11) is 0. The van der Waals surface area contributed by atoms with Gasteiger partial charge in [-0.25, -0.2) is 0 Å². The van der Waals surface area contributed by atoms with Crippen LogP contribution in [-0.2, 0) is 4.79 Å². The Bertz CT molecular complexity index is 76.5. The van der Waals surface area contributed by atoms with Gasteiger partial charge in [0.25, 0.3) is 0 Å². The summed E-state index contributed by atoms with van der Waals surface area (Å²) in [5.74, 6) is 0.370. The third kappa shape index (κ3) is 3.46. The van der Waals surface area contributed by atoms with Gasteiger partial charge >= 0.3 is 58.2 Å². The zero-order chi connectivity index (χ0) is 5.11. The van der Waals surface area contributed by atoms with E-state index in [0.717, 1.165) is 13.1 Å². The molecule has 2 nitrogen and oxygen atoms in total. The van der Waals surface area contributed by atoms with Crippen LogP contribution in [0.4, 0.5) is 0 Å². The van der Waals surface area contributed by atoms with Gasteiger partial charge in [0.15, 0.2) is 0 Å². The minimum absolute atomic E-state index is 0. The van der Waals surface area contributed by atoms with Gasteiger partial charge in [0, 0.05) is 0 Å². The fourth-order valence-electron chi connectivity index (χ4n) is 0.644. The maximum absolute atomic E-state index is 10.4. The van der Waals surface area contributed by atoms with Crippen LogP contribution in [0.3, 0.4) is 0 Å². The van der Waals surface area contributed by atoms with Crippen molar-refractivity contribution in [3.63, 3.8) is 0 Å². The third-order valence-electron chi connectivity index (χ3n) is 1.10. The molecule has 1 saturated heterocycles. The summed E-state index contributed by atoms with van der Waals surface area (Å²) in [4.78, 5) is 10.4. The molecule has 0 aromatic carbocycles. The summed E-state index contributed by atoms with van der Waals surface area (Å²) >= 11 is 0. The first-order valence-corrected chi connectivity index (χ1v) is 2.54. The number of nitrogens with zero attached hydrogens (tertiary/aromatic N) is 1. The summed E-state index contributed by atoms with van der Waals surface area (Å²) < 4.78 is 0. The Morgan fingerprint density at radius 1 is 1.25 bits per heavy atom. The van der Waals surface area contributed by atoms with E-state index in [0.29, 0.717) is 18.6 Å². The maximum atomic E-state index is 10.4. The van der Waals surface area contributed by atoms with Crippen molar-refractivity contribution < 1.29 is 63.0 Å². The average Bonchev–Trinajstić information content (AvgIpc) is 1.69. The number of hydrogen-bond acceptors (Lipinski definition) is 1. The van der Waals surface area contributed by atoms with Crippen molar-refractivity contribution in [1.82, 2.24) is 0 Å². The van der Waals surface area contributed by atoms with E-state index in [2.05, 4.69) is 5.32 Å². The minimum atomic E-state index is 0. The third-order valence-corrected chi connectivity index (χ3v) is 1.10. The Hall–Kier alpha value is 1.44. The van der Waals surface area contributed by atoms with Crippen LogP contribution >= 0.6 is 0 Å². The molecule has 1 aliphatic heterocycles. The van der Waals surface area contributed by atoms with Crippen LogP contribution in [0.5, 0.6) is 0 Å². The largest absolute Gasteiger partial charge is 1.00 e. The molecule has 0 amide bonds. The number of carbonyl (C=O) groups excluding carboxylic acids is 1. The molecule has 1 heterocycles. The Labute approximate surface area is 98.2 Å². The van der Waals surface area contributed by atoms with E-state index in [1.54, 1.807) is 0 Å². The molecule has 0 N–H and O–H groups in total. The van der Waals surface area contributed by atoms with E-state index >= 15 is 0 Å². The van der Waals surface area contributed by atoms with Crippen LogP contribution in [0.25, 0.3) is 5.32 Å². The summed E-state index contributed by atoms with van der Waals surface area (Å²) in [5.41, 5.74) is 0.